The summed E-state index contributed by atoms with van der Waals surface area (Å²) in [7, 11) is -3.08. The van der Waals surface area contributed by atoms with Gasteiger partial charge in [-0.2, -0.15) is 0 Å². The number of aromatic nitrogens is 3. The van der Waals surface area contributed by atoms with Crippen molar-refractivity contribution in [3.63, 3.8) is 0 Å². The Hall–Kier alpha value is -2.45. The quantitative estimate of drug-likeness (QED) is 0.622. The first kappa shape index (κ1) is 18.3. The highest BCUT2D eigenvalue weighted by Gasteiger charge is 2.59. The Kier molecular flexibility index (Phi) is 3.69. The molecule has 9 heteroatoms. The number of benzene rings is 1. The molecule has 1 saturated heterocycles. The van der Waals surface area contributed by atoms with Gasteiger partial charge in [-0.15, -0.1) is 0 Å². The minimum Gasteiger partial charge on any atom is -0.322 e. The summed E-state index contributed by atoms with van der Waals surface area (Å²) in [6, 6.07) is 7.19. The molecule has 0 N–H and O–H groups in total. The maximum Gasteiger partial charge on any atom is 0.238 e. The van der Waals surface area contributed by atoms with E-state index in [1.54, 1.807) is 29.4 Å². The lowest BCUT2D eigenvalue weighted by atomic mass is 9.99. The summed E-state index contributed by atoms with van der Waals surface area (Å²) in [5.41, 5.74) is 3.01. The second kappa shape index (κ2) is 6.04. The summed E-state index contributed by atoms with van der Waals surface area (Å²) < 4.78 is 26.3. The number of halogens is 1. The summed E-state index contributed by atoms with van der Waals surface area (Å²) in [4.78, 5) is 24.1. The van der Waals surface area contributed by atoms with Gasteiger partial charge in [0.25, 0.3) is 0 Å². The Morgan fingerprint density at radius 1 is 1.23 bits per heavy atom. The molecular formula is C21H19ClN4O3S. The number of imidazole rings is 1. The fourth-order valence-electron chi connectivity index (χ4n) is 5.02. The lowest BCUT2D eigenvalue weighted by Gasteiger charge is -2.21. The van der Waals surface area contributed by atoms with Gasteiger partial charge in [0.2, 0.25) is 5.91 Å². The Morgan fingerprint density at radius 2 is 2.07 bits per heavy atom. The number of sulfone groups is 1. The van der Waals surface area contributed by atoms with Gasteiger partial charge < -0.3 is 9.47 Å². The molecule has 2 fully saturated rings. The van der Waals surface area contributed by atoms with E-state index in [4.69, 9.17) is 16.6 Å². The minimum absolute atomic E-state index is 0.0844. The molecule has 2 aliphatic heterocycles. The second-order valence-corrected chi connectivity index (χ2v) is 11.1. The first-order chi connectivity index (χ1) is 14.4. The van der Waals surface area contributed by atoms with E-state index >= 15 is 0 Å². The van der Waals surface area contributed by atoms with Gasteiger partial charge in [0.1, 0.15) is 5.82 Å². The first-order valence-corrected chi connectivity index (χ1v) is 12.2. The molecule has 3 aliphatic rings. The van der Waals surface area contributed by atoms with E-state index in [1.807, 2.05) is 16.7 Å². The minimum atomic E-state index is -3.08. The Labute approximate surface area is 178 Å². The molecule has 1 aliphatic carbocycles. The van der Waals surface area contributed by atoms with Gasteiger partial charge in [-0.3, -0.25) is 9.78 Å². The van der Waals surface area contributed by atoms with Gasteiger partial charge >= 0.3 is 0 Å². The van der Waals surface area contributed by atoms with Crippen LogP contribution in [-0.2, 0) is 26.6 Å². The molecule has 1 aromatic carbocycles. The summed E-state index contributed by atoms with van der Waals surface area (Å²) in [6.07, 6.45) is 5.72. The Balaban J connectivity index is 1.47. The zero-order chi connectivity index (χ0) is 20.7. The average Bonchev–Trinajstić information content (AvgIpc) is 3.27. The van der Waals surface area contributed by atoms with E-state index in [1.165, 1.54) is 0 Å². The Bertz CT molecular complexity index is 1330. The summed E-state index contributed by atoms with van der Waals surface area (Å²) in [5.74, 6) is 1.02. The number of hydrogen-bond donors (Lipinski definition) is 0. The van der Waals surface area contributed by atoms with Gasteiger partial charge in [0, 0.05) is 11.2 Å². The van der Waals surface area contributed by atoms with Crippen LogP contribution in [0.3, 0.4) is 0 Å². The molecule has 30 heavy (non-hydrogen) atoms. The van der Waals surface area contributed by atoms with Crippen LogP contribution < -0.4 is 4.90 Å². The van der Waals surface area contributed by atoms with Crippen molar-refractivity contribution in [2.45, 2.75) is 37.3 Å². The monoisotopic (exact) mass is 442 g/mol. The highest BCUT2D eigenvalue weighted by atomic mass is 35.5. The summed E-state index contributed by atoms with van der Waals surface area (Å²) in [6.45, 7) is 0.280. The molecular weight excluding hydrogens is 424 g/mol. The molecule has 3 aromatic rings. The fraction of sp³-hybridized carbons (Fsp3) is 0.381. The van der Waals surface area contributed by atoms with Crippen LogP contribution in [-0.4, -0.2) is 40.4 Å². The van der Waals surface area contributed by atoms with E-state index in [-0.39, 0.29) is 30.0 Å². The highest BCUT2D eigenvalue weighted by Crippen LogP contribution is 2.57. The zero-order valence-electron chi connectivity index (χ0n) is 16.1. The molecule has 6 rings (SSSR count). The van der Waals surface area contributed by atoms with Crippen molar-refractivity contribution in [2.75, 3.05) is 16.4 Å². The maximum absolute atomic E-state index is 13.3. The van der Waals surface area contributed by atoms with Gasteiger partial charge in [-0.1, -0.05) is 11.6 Å². The number of rotatable bonds is 3. The number of anilines is 1. The zero-order valence-corrected chi connectivity index (χ0v) is 17.7. The standard InChI is InChI=1S/C21H19ClN4O3S/c22-13-1-2-17-16(9-13)24-19(26(17)14-4-8-30(28,29)12-14)11-25-18-10-23-7-3-15(18)21(5-6-21)20(25)27/h1-3,7,9-10,14H,4-6,8,11-12H2/t14-/m1/s1. The molecule has 7 nitrogen and oxygen atoms in total. The van der Waals surface area contributed by atoms with Crippen LogP contribution in [0.15, 0.2) is 36.7 Å². The maximum atomic E-state index is 13.3. The van der Waals surface area contributed by atoms with Crippen LogP contribution in [0.25, 0.3) is 11.0 Å². The van der Waals surface area contributed by atoms with Gasteiger partial charge in [0.15, 0.2) is 9.84 Å². The molecule has 1 amide bonds. The predicted molar refractivity (Wildman–Crippen MR) is 113 cm³/mol. The third-order valence-corrected chi connectivity index (χ3v) is 8.59. The van der Waals surface area contributed by atoms with E-state index in [2.05, 4.69) is 4.98 Å². The van der Waals surface area contributed by atoms with Crippen molar-refractivity contribution < 1.29 is 13.2 Å². The molecule has 1 saturated carbocycles. The van der Waals surface area contributed by atoms with E-state index in [0.29, 0.717) is 22.8 Å². The van der Waals surface area contributed by atoms with E-state index in [0.717, 1.165) is 29.6 Å². The molecule has 0 radical (unpaired) electrons. The van der Waals surface area contributed by atoms with Crippen molar-refractivity contribution in [2.24, 2.45) is 0 Å². The van der Waals surface area contributed by atoms with Crippen LogP contribution in [0.4, 0.5) is 5.69 Å². The summed E-state index contributed by atoms with van der Waals surface area (Å²) in [5, 5.41) is 0.571. The lowest BCUT2D eigenvalue weighted by molar-refractivity contribution is -0.120. The second-order valence-electron chi connectivity index (χ2n) is 8.45. The number of carbonyl (C=O) groups is 1. The topological polar surface area (TPSA) is 85.2 Å². The van der Waals surface area contributed by atoms with Crippen LogP contribution in [0.1, 0.15) is 36.7 Å². The number of fused-ring (bicyclic) bond motifs is 3. The van der Waals surface area contributed by atoms with Crippen LogP contribution >= 0.6 is 11.6 Å². The SMILES string of the molecule is O=C1N(Cc2nc3cc(Cl)ccc3n2[C@@H]2CCS(=O)(=O)C2)c2cnccc2C12CC2. The third-order valence-electron chi connectivity index (χ3n) is 6.61. The lowest BCUT2D eigenvalue weighted by Crippen LogP contribution is -2.33. The highest BCUT2D eigenvalue weighted by molar-refractivity contribution is 7.91. The number of hydrogen-bond acceptors (Lipinski definition) is 5. The first-order valence-electron chi connectivity index (χ1n) is 10.0. The van der Waals surface area contributed by atoms with Gasteiger partial charge in [-0.25, -0.2) is 13.4 Å². The van der Waals surface area contributed by atoms with E-state index < -0.39 is 15.3 Å². The molecule has 0 unspecified atom stereocenters. The average molecular weight is 443 g/mol. The molecule has 4 heterocycles. The Morgan fingerprint density at radius 3 is 2.80 bits per heavy atom. The van der Waals surface area contributed by atoms with Gasteiger partial charge in [-0.05, 0) is 49.1 Å². The smallest absolute Gasteiger partial charge is 0.238 e. The van der Waals surface area contributed by atoms with Crippen molar-refractivity contribution in [3.05, 3.63) is 53.1 Å². The van der Waals surface area contributed by atoms with Crippen molar-refractivity contribution in [3.8, 4) is 0 Å². The molecule has 154 valence electrons. The number of nitrogens with zero attached hydrogens (tertiary/aromatic N) is 4. The van der Waals surface area contributed by atoms with Crippen LogP contribution in [0.5, 0.6) is 0 Å². The van der Waals surface area contributed by atoms with Gasteiger partial charge in [0.05, 0.1) is 52.4 Å². The molecule has 1 atom stereocenters. The van der Waals surface area contributed by atoms with E-state index in [9.17, 15) is 13.2 Å². The van der Waals surface area contributed by atoms with Crippen LogP contribution in [0.2, 0.25) is 5.02 Å². The van der Waals surface area contributed by atoms with Crippen LogP contribution in [0, 0.1) is 0 Å². The molecule has 1 spiro atoms. The largest absolute Gasteiger partial charge is 0.322 e. The van der Waals surface area contributed by atoms with Crippen molar-refractivity contribution in [1.29, 1.82) is 0 Å². The molecule has 0 bridgehead atoms. The molecule has 2 aromatic heterocycles. The predicted octanol–water partition coefficient (Wildman–Crippen LogP) is 3.02. The summed E-state index contributed by atoms with van der Waals surface area (Å²) >= 11 is 6.17. The van der Waals surface area contributed by atoms with Crippen molar-refractivity contribution >= 4 is 44.1 Å². The van der Waals surface area contributed by atoms with Crippen molar-refractivity contribution in [1.82, 2.24) is 14.5 Å². The number of amides is 1. The number of pyridine rings is 1. The fourth-order valence-corrected chi connectivity index (χ4v) is 6.88. The number of carbonyl (C=O) groups excluding carboxylic acids is 1. The third kappa shape index (κ3) is 2.56. The normalized spacial score (nSPS) is 23.4.